The molecule has 3 heterocycles. The van der Waals surface area contributed by atoms with Crippen LogP contribution in [0.2, 0.25) is 0 Å². The van der Waals surface area contributed by atoms with Crippen molar-refractivity contribution in [2.24, 2.45) is 0 Å². The van der Waals surface area contributed by atoms with Crippen molar-refractivity contribution in [1.82, 2.24) is 14.4 Å². The fourth-order valence-electron chi connectivity index (χ4n) is 3.59. The maximum atomic E-state index is 13.0. The van der Waals surface area contributed by atoms with Crippen LogP contribution in [0.1, 0.15) is 23.2 Å². The third-order valence-electron chi connectivity index (χ3n) is 5.11. The molecular weight excluding hydrogens is 362 g/mol. The van der Waals surface area contributed by atoms with Crippen LogP contribution in [0.5, 0.6) is 5.75 Å². The summed E-state index contributed by atoms with van der Waals surface area (Å²) in [6.45, 7) is 0.563. The highest BCUT2D eigenvalue weighted by Crippen LogP contribution is 2.26. The van der Waals surface area contributed by atoms with Gasteiger partial charge in [-0.3, -0.25) is 28.6 Å². The van der Waals surface area contributed by atoms with Gasteiger partial charge in [-0.25, -0.2) is 0 Å². The van der Waals surface area contributed by atoms with Gasteiger partial charge in [-0.1, -0.05) is 18.2 Å². The van der Waals surface area contributed by atoms with Crippen LogP contribution >= 0.6 is 0 Å². The fraction of sp³-hybridized carbons (Fsp3) is 0.300. The van der Waals surface area contributed by atoms with Gasteiger partial charge in [0.1, 0.15) is 5.75 Å². The van der Waals surface area contributed by atoms with Gasteiger partial charge in [-0.15, -0.1) is 0 Å². The molecule has 0 atom stereocenters. The van der Waals surface area contributed by atoms with Crippen molar-refractivity contribution >= 4 is 17.7 Å². The molecule has 0 radical (unpaired) electrons. The van der Waals surface area contributed by atoms with Crippen molar-refractivity contribution in [1.29, 1.82) is 0 Å². The first-order valence-corrected chi connectivity index (χ1v) is 9.00. The summed E-state index contributed by atoms with van der Waals surface area (Å²) in [6, 6.07) is 9.99. The number of amides is 3. The van der Waals surface area contributed by atoms with E-state index in [-0.39, 0.29) is 66.6 Å². The minimum atomic E-state index is -0.311. The van der Waals surface area contributed by atoms with Crippen molar-refractivity contribution in [3.8, 4) is 11.4 Å². The minimum absolute atomic E-state index is 0.183. The Kier molecular flexibility index (Phi) is 4.46. The fourth-order valence-corrected chi connectivity index (χ4v) is 3.59. The SMILES string of the molecule is COc1cc(=O)n(-c2ccccc2)cc1C(=O)N1CC(N2C(=O)CCC2=O)C1. The van der Waals surface area contributed by atoms with Crippen molar-refractivity contribution in [3.05, 3.63) is 58.5 Å². The van der Waals surface area contributed by atoms with E-state index in [1.807, 2.05) is 6.07 Å². The molecule has 0 N–H and O–H groups in total. The topological polar surface area (TPSA) is 88.9 Å². The first-order valence-electron chi connectivity index (χ1n) is 9.00. The maximum Gasteiger partial charge on any atom is 0.259 e. The smallest absolute Gasteiger partial charge is 0.259 e. The van der Waals surface area contributed by atoms with Crippen LogP contribution in [-0.2, 0) is 9.59 Å². The summed E-state index contributed by atoms with van der Waals surface area (Å²) in [5.41, 5.74) is 0.580. The molecule has 8 nitrogen and oxygen atoms in total. The molecule has 2 saturated heterocycles. The number of imide groups is 1. The lowest BCUT2D eigenvalue weighted by molar-refractivity contribution is -0.144. The molecule has 144 valence electrons. The molecule has 0 spiro atoms. The van der Waals surface area contributed by atoms with Gasteiger partial charge in [0.25, 0.3) is 11.5 Å². The number of rotatable bonds is 4. The largest absolute Gasteiger partial charge is 0.496 e. The van der Waals surface area contributed by atoms with Crippen LogP contribution in [0.4, 0.5) is 0 Å². The second-order valence-electron chi connectivity index (χ2n) is 6.82. The summed E-state index contributed by atoms with van der Waals surface area (Å²) >= 11 is 0. The van der Waals surface area contributed by atoms with Crippen LogP contribution < -0.4 is 10.3 Å². The van der Waals surface area contributed by atoms with E-state index in [9.17, 15) is 19.2 Å². The summed E-state index contributed by atoms with van der Waals surface area (Å²) in [4.78, 5) is 51.9. The maximum absolute atomic E-state index is 13.0. The molecule has 1 aromatic heterocycles. The van der Waals surface area contributed by atoms with Crippen LogP contribution in [-0.4, -0.2) is 58.3 Å². The van der Waals surface area contributed by atoms with Crippen molar-refractivity contribution < 1.29 is 19.1 Å². The van der Waals surface area contributed by atoms with Crippen molar-refractivity contribution in [2.45, 2.75) is 18.9 Å². The van der Waals surface area contributed by atoms with E-state index in [1.54, 1.807) is 29.2 Å². The summed E-state index contributed by atoms with van der Waals surface area (Å²) in [5.74, 6) is -0.481. The molecule has 0 saturated carbocycles. The van der Waals surface area contributed by atoms with Gasteiger partial charge in [0, 0.05) is 43.9 Å². The Morgan fingerprint density at radius 1 is 1.04 bits per heavy atom. The summed E-state index contributed by atoms with van der Waals surface area (Å²) in [6.07, 6.45) is 1.94. The number of para-hydroxylation sites is 1. The Morgan fingerprint density at radius 2 is 1.68 bits per heavy atom. The summed E-state index contributed by atoms with van der Waals surface area (Å²) in [5, 5.41) is 0. The predicted octanol–water partition coefficient (Wildman–Crippen LogP) is 0.819. The molecule has 2 aliphatic heterocycles. The number of benzene rings is 1. The highest BCUT2D eigenvalue weighted by Gasteiger charge is 2.43. The van der Waals surface area contributed by atoms with Gasteiger partial charge >= 0.3 is 0 Å². The number of carbonyl (C=O) groups is 3. The first kappa shape index (κ1) is 18.0. The van der Waals surface area contributed by atoms with E-state index in [2.05, 4.69) is 0 Å². The number of likely N-dealkylation sites (tertiary alicyclic amines) is 2. The molecule has 1 aromatic carbocycles. The van der Waals surface area contributed by atoms with Crippen LogP contribution in [0.3, 0.4) is 0 Å². The lowest BCUT2D eigenvalue weighted by Gasteiger charge is -2.43. The third-order valence-corrected chi connectivity index (χ3v) is 5.11. The summed E-state index contributed by atoms with van der Waals surface area (Å²) in [7, 11) is 1.40. The molecule has 0 bridgehead atoms. The quantitative estimate of drug-likeness (QED) is 0.732. The van der Waals surface area contributed by atoms with Gasteiger partial charge < -0.3 is 9.64 Å². The number of nitrogens with zero attached hydrogens (tertiary/aromatic N) is 3. The van der Waals surface area contributed by atoms with E-state index in [0.29, 0.717) is 5.69 Å². The standard InChI is InChI=1S/C20H19N3O5/c1-28-16-9-19(26)22(13-5-3-2-4-6-13)12-15(16)20(27)21-10-14(11-21)23-17(24)7-8-18(23)25/h2-6,9,12,14H,7-8,10-11H2,1H3. The molecular formula is C20H19N3O5. The number of pyridine rings is 1. The second-order valence-corrected chi connectivity index (χ2v) is 6.82. The van der Waals surface area contributed by atoms with E-state index < -0.39 is 0 Å². The number of carbonyl (C=O) groups excluding carboxylic acids is 3. The second kappa shape index (κ2) is 6.95. The first-order chi connectivity index (χ1) is 13.5. The Bertz CT molecular complexity index is 992. The number of aromatic nitrogens is 1. The number of hydrogen-bond acceptors (Lipinski definition) is 5. The zero-order valence-electron chi connectivity index (χ0n) is 15.3. The molecule has 2 aromatic rings. The summed E-state index contributed by atoms with van der Waals surface area (Å²) < 4.78 is 6.63. The average Bonchev–Trinajstić information content (AvgIpc) is 2.99. The van der Waals surface area contributed by atoms with Crippen LogP contribution in [0, 0.1) is 0 Å². The van der Waals surface area contributed by atoms with E-state index >= 15 is 0 Å². The average molecular weight is 381 g/mol. The van der Waals surface area contributed by atoms with E-state index in [0.717, 1.165) is 0 Å². The molecule has 8 heteroatoms. The Hall–Kier alpha value is -3.42. The van der Waals surface area contributed by atoms with Gasteiger partial charge in [-0.2, -0.15) is 0 Å². The lowest BCUT2D eigenvalue weighted by Crippen LogP contribution is -2.62. The zero-order valence-corrected chi connectivity index (χ0v) is 15.3. The molecule has 4 rings (SSSR count). The Labute approximate surface area is 160 Å². The van der Waals surface area contributed by atoms with Crippen LogP contribution in [0.25, 0.3) is 5.69 Å². The normalized spacial score (nSPS) is 17.0. The van der Waals surface area contributed by atoms with Gasteiger partial charge in [0.15, 0.2) is 0 Å². The Balaban J connectivity index is 1.59. The molecule has 0 aliphatic carbocycles. The minimum Gasteiger partial charge on any atom is -0.496 e. The molecule has 0 unspecified atom stereocenters. The highest BCUT2D eigenvalue weighted by atomic mass is 16.5. The third kappa shape index (κ3) is 2.96. The van der Waals surface area contributed by atoms with Gasteiger partial charge in [-0.05, 0) is 12.1 Å². The van der Waals surface area contributed by atoms with Crippen LogP contribution in [0.15, 0.2) is 47.4 Å². The number of ether oxygens (including phenoxy) is 1. The molecule has 28 heavy (non-hydrogen) atoms. The van der Waals surface area contributed by atoms with E-state index in [4.69, 9.17) is 4.74 Å². The monoisotopic (exact) mass is 381 g/mol. The van der Waals surface area contributed by atoms with Gasteiger partial charge in [0.05, 0.1) is 18.7 Å². The van der Waals surface area contributed by atoms with Crippen molar-refractivity contribution in [3.63, 3.8) is 0 Å². The molecule has 2 fully saturated rings. The molecule has 2 aliphatic rings. The van der Waals surface area contributed by atoms with Crippen molar-refractivity contribution in [2.75, 3.05) is 20.2 Å². The lowest BCUT2D eigenvalue weighted by atomic mass is 10.1. The van der Waals surface area contributed by atoms with Gasteiger partial charge in [0.2, 0.25) is 11.8 Å². The Morgan fingerprint density at radius 3 is 2.29 bits per heavy atom. The predicted molar refractivity (Wildman–Crippen MR) is 99.4 cm³/mol. The number of hydrogen-bond donors (Lipinski definition) is 0. The highest BCUT2D eigenvalue weighted by molar-refractivity contribution is 6.03. The number of methoxy groups -OCH3 is 1. The molecule has 3 amide bonds. The zero-order chi connectivity index (χ0) is 19.8. The van der Waals surface area contributed by atoms with E-state index in [1.165, 1.54) is 28.8 Å².